The average molecular weight is 211 g/mol. The van der Waals surface area contributed by atoms with Crippen LogP contribution in [-0.2, 0) is 0 Å². The van der Waals surface area contributed by atoms with Crippen LogP contribution in [0.25, 0.3) is 0 Å². The van der Waals surface area contributed by atoms with Crippen molar-refractivity contribution < 1.29 is 5.11 Å². The topological polar surface area (TPSA) is 23.5 Å². The van der Waals surface area contributed by atoms with Crippen LogP contribution in [0.1, 0.15) is 51.9 Å². The quantitative estimate of drug-likeness (QED) is 0.772. The summed E-state index contributed by atoms with van der Waals surface area (Å²) in [7, 11) is 0. The number of aliphatic hydroxyl groups is 1. The van der Waals surface area contributed by atoms with Crippen molar-refractivity contribution in [2.24, 2.45) is 5.41 Å². The van der Waals surface area contributed by atoms with Gasteiger partial charge in [-0.25, -0.2) is 0 Å². The fourth-order valence-electron chi connectivity index (χ4n) is 3.29. The van der Waals surface area contributed by atoms with Crippen LogP contribution in [0.5, 0.6) is 0 Å². The first-order valence-electron chi connectivity index (χ1n) is 6.61. The van der Waals surface area contributed by atoms with E-state index in [9.17, 15) is 5.11 Å². The molecule has 1 saturated carbocycles. The molecule has 0 amide bonds. The van der Waals surface area contributed by atoms with Gasteiger partial charge in [-0.05, 0) is 44.6 Å². The Morgan fingerprint density at radius 1 is 1.20 bits per heavy atom. The second kappa shape index (κ2) is 4.84. The molecule has 15 heavy (non-hydrogen) atoms. The summed E-state index contributed by atoms with van der Waals surface area (Å²) in [5.74, 6) is 0. The summed E-state index contributed by atoms with van der Waals surface area (Å²) in [6, 6.07) is 0. The molecule has 1 unspecified atom stereocenters. The molecule has 2 rings (SSSR count). The summed E-state index contributed by atoms with van der Waals surface area (Å²) in [5.41, 5.74) is 0.725. The Labute approximate surface area is 93.7 Å². The van der Waals surface area contributed by atoms with E-state index in [-0.39, 0.29) is 6.10 Å². The van der Waals surface area contributed by atoms with Crippen molar-refractivity contribution >= 4 is 0 Å². The number of aliphatic hydroxyl groups excluding tert-OH is 1. The highest BCUT2D eigenvalue weighted by Gasteiger charge is 2.42. The molecule has 1 aliphatic carbocycles. The van der Waals surface area contributed by atoms with Crippen molar-refractivity contribution in [2.75, 3.05) is 19.6 Å². The lowest BCUT2D eigenvalue weighted by atomic mass is 9.68. The van der Waals surface area contributed by atoms with Gasteiger partial charge in [-0.2, -0.15) is 0 Å². The molecule has 88 valence electrons. The Hall–Kier alpha value is -0.0800. The molecule has 0 aromatic carbocycles. The molecule has 1 atom stereocenters. The summed E-state index contributed by atoms with van der Waals surface area (Å²) in [5, 5.41) is 9.18. The third-order valence-electron chi connectivity index (χ3n) is 4.13. The molecular formula is C13H25NO. The van der Waals surface area contributed by atoms with Crippen LogP contribution < -0.4 is 0 Å². The lowest BCUT2D eigenvalue weighted by molar-refractivity contribution is -0.0295. The van der Waals surface area contributed by atoms with E-state index in [2.05, 4.69) is 4.90 Å². The fourth-order valence-corrected chi connectivity index (χ4v) is 3.29. The molecule has 1 N–H and O–H groups in total. The molecular weight excluding hydrogens is 186 g/mol. The van der Waals surface area contributed by atoms with Crippen LogP contribution in [0.4, 0.5) is 0 Å². The zero-order valence-corrected chi connectivity index (χ0v) is 10.0. The number of hydrogen-bond donors (Lipinski definition) is 1. The first-order chi connectivity index (χ1) is 7.20. The Kier molecular flexibility index (Phi) is 3.68. The minimum Gasteiger partial charge on any atom is -0.393 e. The molecule has 1 spiro atoms. The summed E-state index contributed by atoms with van der Waals surface area (Å²) in [6.07, 6.45) is 9.33. The second-order valence-electron chi connectivity index (χ2n) is 5.76. The maximum Gasteiger partial charge on any atom is 0.0512 e. The second-order valence-corrected chi connectivity index (χ2v) is 5.76. The van der Waals surface area contributed by atoms with Gasteiger partial charge < -0.3 is 10.0 Å². The minimum absolute atomic E-state index is 0.116. The molecule has 0 radical (unpaired) electrons. The Morgan fingerprint density at radius 2 is 1.87 bits per heavy atom. The summed E-state index contributed by atoms with van der Waals surface area (Å²) in [6.45, 7) is 5.77. The van der Waals surface area contributed by atoms with Gasteiger partial charge in [0.2, 0.25) is 0 Å². The van der Waals surface area contributed by atoms with Crippen molar-refractivity contribution in [2.45, 2.75) is 58.0 Å². The molecule has 0 aromatic rings. The first kappa shape index (κ1) is 11.4. The van der Waals surface area contributed by atoms with Gasteiger partial charge in [0, 0.05) is 13.1 Å². The predicted molar refractivity (Wildman–Crippen MR) is 62.9 cm³/mol. The monoisotopic (exact) mass is 211 g/mol. The zero-order chi connectivity index (χ0) is 10.7. The third kappa shape index (κ3) is 2.94. The summed E-state index contributed by atoms with van der Waals surface area (Å²) in [4.78, 5) is 2.58. The average Bonchev–Trinajstić information content (AvgIpc) is 2.16. The van der Waals surface area contributed by atoms with E-state index in [0.29, 0.717) is 0 Å². The predicted octanol–water partition coefficient (Wildman–Crippen LogP) is 2.41. The van der Waals surface area contributed by atoms with Gasteiger partial charge in [0.15, 0.2) is 0 Å². The highest BCUT2D eigenvalue weighted by atomic mass is 16.3. The fraction of sp³-hybridized carbons (Fsp3) is 1.00. The van der Waals surface area contributed by atoms with E-state index in [4.69, 9.17) is 0 Å². The Morgan fingerprint density at radius 3 is 2.47 bits per heavy atom. The standard InChI is InChI=1S/C13H25NO/c1-12(15)6-5-9-14-10-13(11-14)7-3-2-4-8-13/h12,15H,2-11H2,1H3. The van der Waals surface area contributed by atoms with Gasteiger partial charge in [-0.15, -0.1) is 0 Å². The smallest absolute Gasteiger partial charge is 0.0512 e. The van der Waals surface area contributed by atoms with E-state index in [1.165, 1.54) is 51.7 Å². The van der Waals surface area contributed by atoms with Gasteiger partial charge in [-0.3, -0.25) is 0 Å². The molecule has 1 saturated heterocycles. The van der Waals surface area contributed by atoms with E-state index < -0.39 is 0 Å². The SMILES string of the molecule is CC(O)CCCN1CC2(CCCCC2)C1. The van der Waals surface area contributed by atoms with E-state index in [1.54, 1.807) is 0 Å². The highest BCUT2D eigenvalue weighted by molar-refractivity contribution is 4.96. The summed E-state index contributed by atoms with van der Waals surface area (Å²) < 4.78 is 0. The lowest BCUT2D eigenvalue weighted by Gasteiger charge is -2.52. The van der Waals surface area contributed by atoms with Crippen molar-refractivity contribution in [3.8, 4) is 0 Å². The van der Waals surface area contributed by atoms with Crippen LogP contribution in [0.2, 0.25) is 0 Å². The van der Waals surface area contributed by atoms with Gasteiger partial charge in [0.1, 0.15) is 0 Å². The van der Waals surface area contributed by atoms with Crippen LogP contribution in [0.15, 0.2) is 0 Å². The van der Waals surface area contributed by atoms with Crippen LogP contribution in [0.3, 0.4) is 0 Å². The van der Waals surface area contributed by atoms with Crippen molar-refractivity contribution in [1.29, 1.82) is 0 Å². The molecule has 2 heteroatoms. The zero-order valence-electron chi connectivity index (χ0n) is 10.0. The van der Waals surface area contributed by atoms with Gasteiger partial charge in [0.25, 0.3) is 0 Å². The molecule has 0 bridgehead atoms. The van der Waals surface area contributed by atoms with E-state index in [1.807, 2.05) is 6.92 Å². The molecule has 2 fully saturated rings. The first-order valence-corrected chi connectivity index (χ1v) is 6.61. The van der Waals surface area contributed by atoms with Gasteiger partial charge in [0.05, 0.1) is 6.10 Å². The van der Waals surface area contributed by atoms with Crippen LogP contribution in [0, 0.1) is 5.41 Å². The lowest BCUT2D eigenvalue weighted by Crippen LogP contribution is -2.57. The summed E-state index contributed by atoms with van der Waals surface area (Å²) >= 11 is 0. The highest BCUT2D eigenvalue weighted by Crippen LogP contribution is 2.43. The Balaban J connectivity index is 1.60. The largest absolute Gasteiger partial charge is 0.393 e. The molecule has 2 nitrogen and oxygen atoms in total. The van der Waals surface area contributed by atoms with Crippen molar-refractivity contribution in [1.82, 2.24) is 4.90 Å². The number of nitrogens with zero attached hydrogens (tertiary/aromatic N) is 1. The van der Waals surface area contributed by atoms with Crippen LogP contribution in [-0.4, -0.2) is 35.7 Å². The third-order valence-corrected chi connectivity index (χ3v) is 4.13. The van der Waals surface area contributed by atoms with Crippen LogP contribution >= 0.6 is 0 Å². The van der Waals surface area contributed by atoms with E-state index in [0.717, 1.165) is 18.3 Å². The maximum atomic E-state index is 9.18. The minimum atomic E-state index is -0.116. The Bertz CT molecular complexity index is 189. The van der Waals surface area contributed by atoms with Gasteiger partial charge in [-0.1, -0.05) is 19.3 Å². The van der Waals surface area contributed by atoms with Crippen molar-refractivity contribution in [3.05, 3.63) is 0 Å². The molecule has 2 aliphatic rings. The van der Waals surface area contributed by atoms with Crippen molar-refractivity contribution in [3.63, 3.8) is 0 Å². The maximum absolute atomic E-state index is 9.18. The number of rotatable bonds is 4. The molecule has 1 heterocycles. The molecule has 1 aliphatic heterocycles. The normalized spacial score (nSPS) is 27.6. The van der Waals surface area contributed by atoms with Gasteiger partial charge >= 0.3 is 0 Å². The number of likely N-dealkylation sites (tertiary alicyclic amines) is 1. The molecule has 0 aromatic heterocycles. The van der Waals surface area contributed by atoms with E-state index >= 15 is 0 Å². The number of hydrogen-bond acceptors (Lipinski definition) is 2.